The lowest BCUT2D eigenvalue weighted by molar-refractivity contribution is 0.269. The maximum atomic E-state index is 4.58. The van der Waals surface area contributed by atoms with Gasteiger partial charge in [0.05, 0.1) is 5.69 Å². The van der Waals surface area contributed by atoms with Crippen molar-refractivity contribution in [2.45, 2.75) is 40.2 Å². The lowest BCUT2D eigenvalue weighted by Crippen LogP contribution is -2.42. The van der Waals surface area contributed by atoms with Gasteiger partial charge in [-0.15, -0.1) is 11.3 Å². The first-order valence-electron chi connectivity index (χ1n) is 6.57. The molecule has 1 atom stereocenters. The van der Waals surface area contributed by atoms with Crippen LogP contribution in [-0.2, 0) is 6.42 Å². The number of likely N-dealkylation sites (N-methyl/N-ethyl adjacent to an activating group) is 1. The Labute approximate surface area is 113 Å². The fraction of sp³-hybridized carbons (Fsp3) is 0.533. The zero-order valence-corrected chi connectivity index (χ0v) is 12.5. The van der Waals surface area contributed by atoms with E-state index in [9.17, 15) is 0 Å². The summed E-state index contributed by atoms with van der Waals surface area (Å²) in [7, 11) is 0. The minimum Gasteiger partial charge on any atom is -0.313 e. The minimum absolute atomic E-state index is 0.246. The molecule has 2 rings (SSSR count). The zero-order valence-electron chi connectivity index (χ0n) is 11.7. The third kappa shape index (κ3) is 2.90. The fourth-order valence-electron chi connectivity index (χ4n) is 2.24. The predicted molar refractivity (Wildman–Crippen MR) is 80.2 cm³/mol. The molecule has 0 fully saturated rings. The molecule has 2 nitrogen and oxygen atoms in total. The molecule has 18 heavy (non-hydrogen) atoms. The monoisotopic (exact) mass is 262 g/mol. The standard InChI is InChI=1S/C15H22N2S/c1-5-16-14(15(2,3)4)10-12-11-7-9-18-13(11)6-8-17-12/h6-9,14,16H,5,10H2,1-4H3. The molecule has 1 N–H and O–H groups in total. The summed E-state index contributed by atoms with van der Waals surface area (Å²) < 4.78 is 1.34. The summed E-state index contributed by atoms with van der Waals surface area (Å²) in [5.41, 5.74) is 1.46. The van der Waals surface area contributed by atoms with Crippen molar-refractivity contribution < 1.29 is 0 Å². The summed E-state index contributed by atoms with van der Waals surface area (Å²) in [5.74, 6) is 0. The molecule has 0 aliphatic carbocycles. The molecule has 0 bridgehead atoms. The van der Waals surface area contributed by atoms with Gasteiger partial charge in [0.15, 0.2) is 0 Å². The fourth-order valence-corrected chi connectivity index (χ4v) is 3.04. The summed E-state index contributed by atoms with van der Waals surface area (Å²) in [6.07, 6.45) is 2.92. The van der Waals surface area contributed by atoms with Crippen LogP contribution in [0, 0.1) is 5.41 Å². The average Bonchev–Trinajstić information content (AvgIpc) is 2.76. The van der Waals surface area contributed by atoms with Crippen LogP contribution in [0.15, 0.2) is 23.7 Å². The van der Waals surface area contributed by atoms with Gasteiger partial charge in [-0.2, -0.15) is 0 Å². The molecule has 0 radical (unpaired) electrons. The minimum atomic E-state index is 0.246. The van der Waals surface area contributed by atoms with Gasteiger partial charge in [-0.05, 0) is 29.5 Å². The van der Waals surface area contributed by atoms with Crippen LogP contribution >= 0.6 is 11.3 Å². The number of fused-ring (bicyclic) bond motifs is 1. The Morgan fingerprint density at radius 2 is 2.11 bits per heavy atom. The van der Waals surface area contributed by atoms with Crippen molar-refractivity contribution in [2.75, 3.05) is 6.54 Å². The van der Waals surface area contributed by atoms with Gasteiger partial charge in [0.2, 0.25) is 0 Å². The van der Waals surface area contributed by atoms with E-state index in [2.05, 4.69) is 55.5 Å². The van der Waals surface area contributed by atoms with Crippen molar-refractivity contribution in [3.8, 4) is 0 Å². The Morgan fingerprint density at radius 3 is 2.78 bits per heavy atom. The quantitative estimate of drug-likeness (QED) is 0.905. The van der Waals surface area contributed by atoms with Crippen LogP contribution < -0.4 is 5.32 Å². The van der Waals surface area contributed by atoms with E-state index in [0.717, 1.165) is 13.0 Å². The topological polar surface area (TPSA) is 24.9 Å². The van der Waals surface area contributed by atoms with Gasteiger partial charge in [-0.3, -0.25) is 4.98 Å². The van der Waals surface area contributed by atoms with Gasteiger partial charge in [-0.25, -0.2) is 0 Å². The van der Waals surface area contributed by atoms with Gasteiger partial charge in [-0.1, -0.05) is 27.7 Å². The van der Waals surface area contributed by atoms with E-state index in [0.29, 0.717) is 6.04 Å². The van der Waals surface area contributed by atoms with Gasteiger partial charge in [0.25, 0.3) is 0 Å². The van der Waals surface area contributed by atoms with Crippen molar-refractivity contribution in [2.24, 2.45) is 5.41 Å². The molecule has 0 saturated carbocycles. The molecule has 0 aliphatic heterocycles. The first kappa shape index (κ1) is 13.5. The molecule has 0 spiro atoms. The number of nitrogens with one attached hydrogen (secondary N) is 1. The second-order valence-corrected chi connectivity index (χ2v) is 6.72. The van der Waals surface area contributed by atoms with Gasteiger partial charge in [0.1, 0.15) is 0 Å². The van der Waals surface area contributed by atoms with E-state index in [4.69, 9.17) is 0 Å². The van der Waals surface area contributed by atoms with Gasteiger partial charge < -0.3 is 5.32 Å². The second-order valence-electron chi connectivity index (χ2n) is 5.77. The molecule has 3 heteroatoms. The van der Waals surface area contributed by atoms with E-state index in [1.165, 1.54) is 15.8 Å². The molecule has 0 aliphatic rings. The zero-order chi connectivity index (χ0) is 13.2. The molecule has 2 aromatic heterocycles. The SMILES string of the molecule is CCNC(Cc1nccc2sccc12)C(C)(C)C. The van der Waals surface area contributed by atoms with E-state index in [-0.39, 0.29) is 5.41 Å². The largest absolute Gasteiger partial charge is 0.313 e. The van der Waals surface area contributed by atoms with E-state index in [1.54, 1.807) is 11.3 Å². The third-order valence-corrected chi connectivity index (χ3v) is 4.24. The molecule has 2 aromatic rings. The molecule has 0 saturated heterocycles. The molecule has 0 amide bonds. The van der Waals surface area contributed by atoms with Crippen molar-refractivity contribution in [3.05, 3.63) is 29.4 Å². The van der Waals surface area contributed by atoms with Crippen LogP contribution in [0.25, 0.3) is 10.1 Å². The van der Waals surface area contributed by atoms with Gasteiger partial charge in [0, 0.05) is 28.7 Å². The molecule has 2 heterocycles. The third-order valence-electron chi connectivity index (χ3n) is 3.36. The van der Waals surface area contributed by atoms with Crippen molar-refractivity contribution in [1.82, 2.24) is 10.3 Å². The maximum absolute atomic E-state index is 4.58. The van der Waals surface area contributed by atoms with Crippen molar-refractivity contribution in [3.63, 3.8) is 0 Å². The Morgan fingerprint density at radius 1 is 1.33 bits per heavy atom. The highest BCUT2D eigenvalue weighted by Gasteiger charge is 2.24. The average molecular weight is 262 g/mol. The summed E-state index contributed by atoms with van der Waals surface area (Å²) >= 11 is 1.79. The number of hydrogen-bond acceptors (Lipinski definition) is 3. The van der Waals surface area contributed by atoms with E-state index >= 15 is 0 Å². The molecule has 1 unspecified atom stereocenters. The molecular weight excluding hydrogens is 240 g/mol. The normalized spacial score (nSPS) is 14.0. The Balaban J connectivity index is 2.28. The van der Waals surface area contributed by atoms with Crippen LogP contribution in [0.5, 0.6) is 0 Å². The van der Waals surface area contributed by atoms with Crippen LogP contribution in [0.2, 0.25) is 0 Å². The van der Waals surface area contributed by atoms with Crippen molar-refractivity contribution in [1.29, 1.82) is 0 Å². The maximum Gasteiger partial charge on any atom is 0.0506 e. The highest BCUT2D eigenvalue weighted by molar-refractivity contribution is 7.17. The van der Waals surface area contributed by atoms with Crippen molar-refractivity contribution >= 4 is 21.4 Å². The summed E-state index contributed by atoms with van der Waals surface area (Å²) in [5, 5.41) is 7.05. The number of rotatable bonds is 4. The second kappa shape index (κ2) is 5.37. The molecule has 0 aromatic carbocycles. The number of pyridine rings is 1. The molecule has 98 valence electrons. The first-order valence-corrected chi connectivity index (χ1v) is 7.45. The summed E-state index contributed by atoms with van der Waals surface area (Å²) in [6.45, 7) is 10.0. The lowest BCUT2D eigenvalue weighted by Gasteiger charge is -2.31. The molecular formula is C15H22N2S. The van der Waals surface area contributed by atoms with Crippen LogP contribution in [0.3, 0.4) is 0 Å². The smallest absolute Gasteiger partial charge is 0.0506 e. The van der Waals surface area contributed by atoms with Gasteiger partial charge >= 0.3 is 0 Å². The number of thiophene rings is 1. The first-order chi connectivity index (χ1) is 8.52. The summed E-state index contributed by atoms with van der Waals surface area (Å²) in [6, 6.07) is 4.75. The van der Waals surface area contributed by atoms with Crippen LogP contribution in [-0.4, -0.2) is 17.6 Å². The van der Waals surface area contributed by atoms with E-state index < -0.39 is 0 Å². The van der Waals surface area contributed by atoms with Crippen LogP contribution in [0.1, 0.15) is 33.4 Å². The Hall–Kier alpha value is -0.930. The van der Waals surface area contributed by atoms with E-state index in [1.807, 2.05) is 6.20 Å². The predicted octanol–water partition coefficient (Wildman–Crippen LogP) is 3.86. The Bertz CT molecular complexity index is 510. The Kier molecular flexibility index (Phi) is 4.03. The summed E-state index contributed by atoms with van der Waals surface area (Å²) in [4.78, 5) is 4.58. The number of hydrogen-bond donors (Lipinski definition) is 1. The highest BCUT2D eigenvalue weighted by Crippen LogP contribution is 2.27. The lowest BCUT2D eigenvalue weighted by atomic mass is 9.83. The number of aromatic nitrogens is 1. The number of nitrogens with zero attached hydrogens (tertiary/aromatic N) is 1. The van der Waals surface area contributed by atoms with Crippen LogP contribution in [0.4, 0.5) is 0 Å². The highest BCUT2D eigenvalue weighted by atomic mass is 32.1.